The fourth-order valence-electron chi connectivity index (χ4n) is 3.10. The van der Waals surface area contributed by atoms with Gasteiger partial charge in [0.15, 0.2) is 0 Å². The summed E-state index contributed by atoms with van der Waals surface area (Å²) in [7, 11) is -2.76. The summed E-state index contributed by atoms with van der Waals surface area (Å²) in [4.78, 5) is 23.1. The summed E-state index contributed by atoms with van der Waals surface area (Å²) in [6, 6.07) is 16.4. The summed E-state index contributed by atoms with van der Waals surface area (Å²) in [5, 5.41) is 14.9. The zero-order valence-corrected chi connectivity index (χ0v) is 20.3. The van der Waals surface area contributed by atoms with E-state index in [9.17, 15) is 23.3 Å². The van der Waals surface area contributed by atoms with Crippen LogP contribution >= 0.6 is 11.6 Å². The molecule has 0 heterocycles. The number of carbonyl (C=O) groups is 1. The smallest absolute Gasteiger partial charge is 0.270 e. The molecule has 1 N–H and O–H groups in total. The molecule has 35 heavy (non-hydrogen) atoms. The van der Waals surface area contributed by atoms with Gasteiger partial charge in [0.1, 0.15) is 12.3 Å². The first-order chi connectivity index (χ1) is 16.6. The van der Waals surface area contributed by atoms with Gasteiger partial charge in [-0.25, -0.2) is 13.8 Å². The number of aryl methyl sites for hydroxylation is 1. The van der Waals surface area contributed by atoms with Crippen molar-refractivity contribution < 1.29 is 22.9 Å². The van der Waals surface area contributed by atoms with E-state index in [1.165, 1.54) is 37.4 Å². The molecule has 12 heteroatoms. The number of sulfonamides is 1. The van der Waals surface area contributed by atoms with E-state index in [0.29, 0.717) is 0 Å². The molecule has 3 aromatic carbocycles. The fourth-order valence-corrected chi connectivity index (χ4v) is 4.71. The fraction of sp³-hybridized carbons (Fsp3) is 0.130. The molecule has 10 nitrogen and oxygen atoms in total. The molecular weight excluding hydrogens is 496 g/mol. The van der Waals surface area contributed by atoms with Gasteiger partial charge < -0.3 is 4.74 Å². The maximum atomic E-state index is 13.5. The van der Waals surface area contributed by atoms with E-state index in [2.05, 4.69) is 10.5 Å². The molecule has 0 aliphatic carbocycles. The monoisotopic (exact) mass is 516 g/mol. The second-order valence-corrected chi connectivity index (χ2v) is 9.53. The predicted molar refractivity (Wildman–Crippen MR) is 133 cm³/mol. The van der Waals surface area contributed by atoms with Crippen molar-refractivity contribution in [2.24, 2.45) is 5.10 Å². The molecule has 0 saturated carbocycles. The van der Waals surface area contributed by atoms with Crippen molar-refractivity contribution in [1.29, 1.82) is 0 Å². The number of hydrazone groups is 1. The van der Waals surface area contributed by atoms with Gasteiger partial charge in [0.2, 0.25) is 0 Å². The summed E-state index contributed by atoms with van der Waals surface area (Å²) >= 11 is 6.03. The average molecular weight is 517 g/mol. The van der Waals surface area contributed by atoms with Gasteiger partial charge in [0, 0.05) is 22.7 Å². The highest BCUT2D eigenvalue weighted by atomic mass is 35.5. The first-order valence-corrected chi connectivity index (χ1v) is 11.9. The maximum Gasteiger partial charge on any atom is 0.270 e. The number of ether oxygens (including phenoxy) is 1. The highest BCUT2D eigenvalue weighted by Gasteiger charge is 2.29. The van der Waals surface area contributed by atoms with E-state index in [-0.39, 0.29) is 32.6 Å². The molecule has 0 unspecified atom stereocenters. The van der Waals surface area contributed by atoms with Gasteiger partial charge in [0.05, 0.1) is 28.8 Å². The Morgan fingerprint density at radius 1 is 1.17 bits per heavy atom. The van der Waals surface area contributed by atoms with Crippen LogP contribution in [-0.2, 0) is 14.8 Å². The number of nitrogens with zero attached hydrogens (tertiary/aromatic N) is 3. The molecule has 3 rings (SSSR count). The third kappa shape index (κ3) is 6.14. The number of carbonyl (C=O) groups excluding carboxylic acids is 1. The number of benzene rings is 3. The van der Waals surface area contributed by atoms with Crippen molar-refractivity contribution in [2.75, 3.05) is 18.0 Å². The summed E-state index contributed by atoms with van der Waals surface area (Å²) in [6.07, 6.45) is 1.14. The number of methoxy groups -OCH3 is 1. The number of hydrogen-bond acceptors (Lipinski definition) is 7. The predicted octanol–water partition coefficient (Wildman–Crippen LogP) is 3.91. The minimum Gasteiger partial charge on any atom is -0.495 e. The summed E-state index contributed by atoms with van der Waals surface area (Å²) in [5.41, 5.74) is 3.18. The number of nitro benzene ring substituents is 1. The lowest BCUT2D eigenvalue weighted by molar-refractivity contribution is -0.384. The summed E-state index contributed by atoms with van der Waals surface area (Å²) < 4.78 is 33.2. The van der Waals surface area contributed by atoms with Crippen LogP contribution in [0.1, 0.15) is 11.1 Å². The standard InChI is InChI=1S/C23H21ClN4O6S/c1-16-8-11-22(34-2)21(12-16)27(35(32,33)19-6-4-3-5-7-19)15-23(29)26-25-14-17-13-18(28(30)31)9-10-20(17)24/h3-14H,15H2,1-2H3,(H,26,29)/b25-14-. The Bertz CT molecular complexity index is 1380. The van der Waals surface area contributed by atoms with Gasteiger partial charge in [-0.05, 0) is 42.8 Å². The molecule has 182 valence electrons. The molecule has 0 radical (unpaired) electrons. The van der Waals surface area contributed by atoms with Crippen molar-refractivity contribution in [3.8, 4) is 5.75 Å². The van der Waals surface area contributed by atoms with Crippen LogP contribution in [0.25, 0.3) is 0 Å². The van der Waals surface area contributed by atoms with E-state index in [1.54, 1.807) is 43.3 Å². The van der Waals surface area contributed by atoms with Gasteiger partial charge in [-0.2, -0.15) is 5.10 Å². The Hall–Kier alpha value is -3.96. The van der Waals surface area contributed by atoms with Crippen LogP contribution in [0.15, 0.2) is 76.7 Å². The molecule has 0 aliphatic heterocycles. The van der Waals surface area contributed by atoms with Crippen molar-refractivity contribution in [3.63, 3.8) is 0 Å². The van der Waals surface area contributed by atoms with Crippen LogP contribution in [0.4, 0.5) is 11.4 Å². The lowest BCUT2D eigenvalue weighted by Crippen LogP contribution is -2.39. The lowest BCUT2D eigenvalue weighted by atomic mass is 10.2. The zero-order chi connectivity index (χ0) is 25.6. The molecular formula is C23H21ClN4O6S. The number of non-ortho nitro benzene ring substituents is 1. The molecule has 1 amide bonds. The Morgan fingerprint density at radius 3 is 2.54 bits per heavy atom. The maximum absolute atomic E-state index is 13.5. The van der Waals surface area contributed by atoms with Crippen LogP contribution in [0.5, 0.6) is 5.75 Å². The van der Waals surface area contributed by atoms with Crippen molar-refractivity contribution in [3.05, 3.63) is 93.0 Å². The van der Waals surface area contributed by atoms with Crippen LogP contribution < -0.4 is 14.5 Å². The molecule has 3 aromatic rings. The second kappa shape index (κ2) is 11.0. The quantitative estimate of drug-likeness (QED) is 0.260. The molecule has 0 aliphatic rings. The number of rotatable bonds is 9. The normalized spacial score (nSPS) is 11.3. The topological polar surface area (TPSA) is 131 Å². The zero-order valence-electron chi connectivity index (χ0n) is 18.7. The molecule has 0 bridgehead atoms. The average Bonchev–Trinajstić information content (AvgIpc) is 2.84. The Labute approximate surface area is 207 Å². The number of halogens is 1. The Kier molecular flexibility index (Phi) is 8.05. The van der Waals surface area contributed by atoms with Crippen LogP contribution in [-0.4, -0.2) is 39.1 Å². The molecule has 0 fully saturated rings. The molecule has 0 saturated heterocycles. The highest BCUT2D eigenvalue weighted by molar-refractivity contribution is 7.92. The first-order valence-electron chi connectivity index (χ1n) is 10.1. The molecule has 0 aromatic heterocycles. The van der Waals surface area contributed by atoms with Crippen molar-refractivity contribution in [2.45, 2.75) is 11.8 Å². The van der Waals surface area contributed by atoms with E-state index in [4.69, 9.17) is 16.3 Å². The second-order valence-electron chi connectivity index (χ2n) is 7.26. The third-order valence-electron chi connectivity index (χ3n) is 4.80. The summed E-state index contributed by atoms with van der Waals surface area (Å²) in [6.45, 7) is 1.17. The third-order valence-corrected chi connectivity index (χ3v) is 6.92. The van der Waals surface area contributed by atoms with Gasteiger partial charge >= 0.3 is 0 Å². The number of nitrogens with one attached hydrogen (secondary N) is 1. The molecule has 0 spiro atoms. The Morgan fingerprint density at radius 2 is 1.89 bits per heavy atom. The van der Waals surface area contributed by atoms with Gasteiger partial charge in [-0.1, -0.05) is 35.9 Å². The largest absolute Gasteiger partial charge is 0.495 e. The lowest BCUT2D eigenvalue weighted by Gasteiger charge is -2.25. The summed E-state index contributed by atoms with van der Waals surface area (Å²) in [5.74, 6) is -0.499. The van der Waals surface area contributed by atoms with Gasteiger partial charge in [0.25, 0.3) is 21.6 Å². The molecule has 0 atom stereocenters. The number of hydrogen-bond donors (Lipinski definition) is 1. The van der Waals surface area contributed by atoms with E-state index < -0.39 is 27.4 Å². The Balaban J connectivity index is 1.91. The van der Waals surface area contributed by atoms with Crippen LogP contribution in [0, 0.1) is 17.0 Å². The van der Waals surface area contributed by atoms with Crippen LogP contribution in [0.3, 0.4) is 0 Å². The number of anilines is 1. The van der Waals surface area contributed by atoms with Crippen molar-refractivity contribution in [1.82, 2.24) is 5.43 Å². The van der Waals surface area contributed by atoms with Crippen LogP contribution in [0.2, 0.25) is 5.02 Å². The van der Waals surface area contributed by atoms with Gasteiger partial charge in [-0.15, -0.1) is 0 Å². The number of amides is 1. The first kappa shape index (κ1) is 25.7. The minimum atomic E-state index is -4.15. The minimum absolute atomic E-state index is 0.0109. The highest BCUT2D eigenvalue weighted by Crippen LogP contribution is 2.33. The number of nitro groups is 1. The SMILES string of the molecule is COc1ccc(C)cc1N(CC(=O)N/N=C\c1cc([N+](=O)[O-])ccc1Cl)S(=O)(=O)c1ccccc1. The van der Waals surface area contributed by atoms with E-state index >= 15 is 0 Å². The van der Waals surface area contributed by atoms with Gasteiger partial charge in [-0.3, -0.25) is 19.2 Å². The van der Waals surface area contributed by atoms with Crippen molar-refractivity contribution >= 4 is 45.1 Å². The van der Waals surface area contributed by atoms with E-state index in [0.717, 1.165) is 16.1 Å². The van der Waals surface area contributed by atoms with E-state index in [1.807, 2.05) is 0 Å².